The van der Waals surface area contributed by atoms with Gasteiger partial charge in [0.05, 0.1) is 5.39 Å². The lowest BCUT2D eigenvalue weighted by atomic mass is 10.1. The van der Waals surface area contributed by atoms with Gasteiger partial charge in [0.2, 0.25) is 5.91 Å². The summed E-state index contributed by atoms with van der Waals surface area (Å²) in [4.78, 5) is 23.8. The molecule has 1 aliphatic rings. The molecular weight excluding hydrogens is 272 g/mol. The molecule has 3 rings (SSSR count). The van der Waals surface area contributed by atoms with Gasteiger partial charge < -0.3 is 10.2 Å². The molecule has 1 aliphatic heterocycles. The van der Waals surface area contributed by atoms with E-state index in [1.165, 1.54) is 6.42 Å². The highest BCUT2D eigenvalue weighted by molar-refractivity contribution is 7.16. The monoisotopic (exact) mass is 290 g/mol. The second-order valence-electron chi connectivity index (χ2n) is 5.11. The van der Waals surface area contributed by atoms with Crippen molar-refractivity contribution in [3.8, 4) is 0 Å². The second kappa shape index (κ2) is 5.75. The maximum atomic E-state index is 12.4. The number of carbonyl (C=O) groups excluding carboxylic acids is 1. The van der Waals surface area contributed by atoms with Gasteiger partial charge in [-0.15, -0.1) is 11.3 Å². The summed E-state index contributed by atoms with van der Waals surface area (Å²) < 4.78 is 0. The Morgan fingerprint density at radius 2 is 2.15 bits per heavy atom. The molecule has 3 heterocycles. The maximum Gasteiger partial charge on any atom is 0.244 e. The number of nitrogens with zero attached hydrogens (tertiary/aromatic N) is 3. The second-order valence-corrected chi connectivity index (χ2v) is 6.01. The van der Waals surface area contributed by atoms with Crippen LogP contribution >= 0.6 is 11.3 Å². The first-order valence-corrected chi connectivity index (χ1v) is 7.87. The van der Waals surface area contributed by atoms with Crippen LogP contribution in [0.25, 0.3) is 10.2 Å². The van der Waals surface area contributed by atoms with E-state index >= 15 is 0 Å². The van der Waals surface area contributed by atoms with E-state index < -0.39 is 0 Å². The Kier molecular flexibility index (Phi) is 3.82. The molecule has 20 heavy (non-hydrogen) atoms. The van der Waals surface area contributed by atoms with Crippen molar-refractivity contribution in [3.05, 3.63) is 17.8 Å². The Labute approximate surface area is 122 Å². The lowest BCUT2D eigenvalue weighted by Crippen LogP contribution is -2.44. The summed E-state index contributed by atoms with van der Waals surface area (Å²) in [5.74, 6) is 0.904. The summed E-state index contributed by atoms with van der Waals surface area (Å²) in [6.45, 7) is 3.65. The molecule has 0 aromatic carbocycles. The summed E-state index contributed by atoms with van der Waals surface area (Å²) in [6.07, 6.45) is 4.99. The van der Waals surface area contributed by atoms with Gasteiger partial charge in [-0.05, 0) is 37.6 Å². The van der Waals surface area contributed by atoms with Crippen molar-refractivity contribution in [2.45, 2.75) is 32.2 Å². The van der Waals surface area contributed by atoms with Crippen LogP contribution in [0.2, 0.25) is 0 Å². The van der Waals surface area contributed by atoms with E-state index in [0.717, 1.165) is 42.0 Å². The molecule has 1 fully saturated rings. The Hall–Kier alpha value is -1.69. The Balaban J connectivity index is 1.73. The van der Waals surface area contributed by atoms with Crippen molar-refractivity contribution < 1.29 is 4.79 Å². The molecule has 6 heteroatoms. The van der Waals surface area contributed by atoms with Crippen LogP contribution in [0.3, 0.4) is 0 Å². The Bertz CT molecular complexity index is 606. The van der Waals surface area contributed by atoms with Crippen LogP contribution in [0, 0.1) is 0 Å². The van der Waals surface area contributed by atoms with Gasteiger partial charge in [0.1, 0.15) is 23.0 Å². The molecule has 5 nitrogen and oxygen atoms in total. The molecule has 0 spiro atoms. The lowest BCUT2D eigenvalue weighted by molar-refractivity contribution is -0.132. The van der Waals surface area contributed by atoms with Crippen molar-refractivity contribution in [1.82, 2.24) is 14.9 Å². The molecule has 1 saturated heterocycles. The summed E-state index contributed by atoms with van der Waals surface area (Å²) in [5.41, 5.74) is 0. The van der Waals surface area contributed by atoms with E-state index in [-0.39, 0.29) is 11.9 Å². The molecule has 0 aliphatic carbocycles. The third-order valence-corrected chi connectivity index (χ3v) is 4.47. The van der Waals surface area contributed by atoms with Crippen LogP contribution in [0.4, 0.5) is 5.82 Å². The minimum absolute atomic E-state index is 0.159. The van der Waals surface area contributed by atoms with Crippen LogP contribution in [0.5, 0.6) is 0 Å². The molecule has 0 unspecified atom stereocenters. The topological polar surface area (TPSA) is 58.1 Å². The number of nitrogens with one attached hydrogen (secondary N) is 1. The first kappa shape index (κ1) is 13.3. The van der Waals surface area contributed by atoms with Gasteiger partial charge in [-0.25, -0.2) is 9.97 Å². The Morgan fingerprint density at radius 3 is 2.95 bits per heavy atom. The van der Waals surface area contributed by atoms with Crippen LogP contribution in [0.1, 0.15) is 26.2 Å². The van der Waals surface area contributed by atoms with Crippen molar-refractivity contribution in [3.63, 3.8) is 0 Å². The number of hydrogen-bond donors (Lipinski definition) is 1. The van der Waals surface area contributed by atoms with Gasteiger partial charge in [-0.1, -0.05) is 0 Å². The van der Waals surface area contributed by atoms with Crippen molar-refractivity contribution in [1.29, 1.82) is 0 Å². The quantitative estimate of drug-likeness (QED) is 0.943. The van der Waals surface area contributed by atoms with Crippen molar-refractivity contribution in [2.24, 2.45) is 0 Å². The Morgan fingerprint density at radius 1 is 1.35 bits per heavy atom. The highest BCUT2D eigenvalue weighted by Crippen LogP contribution is 2.24. The minimum atomic E-state index is -0.258. The van der Waals surface area contributed by atoms with Crippen LogP contribution in [0.15, 0.2) is 17.8 Å². The number of fused-ring (bicyclic) bond motifs is 1. The van der Waals surface area contributed by atoms with E-state index in [1.54, 1.807) is 17.7 Å². The standard InChI is InChI=1S/C14H18N4OS/c1-10(14(19)18-6-3-2-4-7-18)17-12-11-5-8-20-13(11)16-9-15-12/h5,8-10H,2-4,6-7H2,1H3,(H,15,16,17)/t10-/m1/s1. The average Bonchev–Trinajstić information content (AvgIpc) is 2.97. The number of amides is 1. The average molecular weight is 290 g/mol. The number of anilines is 1. The molecule has 1 amide bonds. The molecule has 0 radical (unpaired) electrons. The first-order valence-electron chi connectivity index (χ1n) is 6.99. The zero-order valence-electron chi connectivity index (χ0n) is 11.5. The fraction of sp³-hybridized carbons (Fsp3) is 0.500. The minimum Gasteiger partial charge on any atom is -0.358 e. The summed E-state index contributed by atoms with van der Waals surface area (Å²) in [7, 11) is 0. The summed E-state index contributed by atoms with van der Waals surface area (Å²) in [6, 6.07) is 1.73. The number of carbonyl (C=O) groups is 1. The number of hydrogen-bond acceptors (Lipinski definition) is 5. The predicted molar refractivity (Wildman–Crippen MR) is 80.9 cm³/mol. The zero-order chi connectivity index (χ0) is 13.9. The van der Waals surface area contributed by atoms with E-state index in [9.17, 15) is 4.79 Å². The molecule has 1 atom stereocenters. The van der Waals surface area contributed by atoms with E-state index in [0.29, 0.717) is 0 Å². The van der Waals surface area contributed by atoms with Crippen LogP contribution < -0.4 is 5.32 Å². The number of likely N-dealkylation sites (tertiary alicyclic amines) is 1. The van der Waals surface area contributed by atoms with Crippen molar-refractivity contribution in [2.75, 3.05) is 18.4 Å². The fourth-order valence-electron chi connectivity index (χ4n) is 2.56. The van der Waals surface area contributed by atoms with E-state index in [1.807, 2.05) is 23.3 Å². The molecule has 106 valence electrons. The highest BCUT2D eigenvalue weighted by Gasteiger charge is 2.22. The van der Waals surface area contributed by atoms with Gasteiger partial charge in [0.25, 0.3) is 0 Å². The highest BCUT2D eigenvalue weighted by atomic mass is 32.1. The summed E-state index contributed by atoms with van der Waals surface area (Å²) in [5, 5.41) is 6.20. The van der Waals surface area contributed by atoms with Crippen LogP contribution in [-0.2, 0) is 4.79 Å². The molecule has 2 aromatic heterocycles. The van der Waals surface area contributed by atoms with E-state index in [2.05, 4.69) is 15.3 Å². The van der Waals surface area contributed by atoms with Gasteiger partial charge in [-0.2, -0.15) is 0 Å². The molecule has 0 bridgehead atoms. The zero-order valence-corrected chi connectivity index (χ0v) is 12.3. The van der Waals surface area contributed by atoms with Crippen LogP contribution in [-0.4, -0.2) is 39.9 Å². The molecule has 2 aromatic rings. The predicted octanol–water partition coefficient (Wildman–Crippen LogP) is 2.50. The number of aromatic nitrogens is 2. The SMILES string of the molecule is C[C@@H](Nc1ncnc2sccc12)C(=O)N1CCCCC1. The van der Waals surface area contributed by atoms with Gasteiger partial charge in [-0.3, -0.25) is 4.79 Å². The largest absolute Gasteiger partial charge is 0.358 e. The van der Waals surface area contributed by atoms with Gasteiger partial charge in [0.15, 0.2) is 0 Å². The maximum absolute atomic E-state index is 12.4. The molecular formula is C14H18N4OS. The number of thiophene rings is 1. The van der Waals surface area contributed by atoms with Crippen molar-refractivity contribution >= 4 is 33.3 Å². The van der Waals surface area contributed by atoms with Gasteiger partial charge >= 0.3 is 0 Å². The third kappa shape index (κ3) is 2.60. The van der Waals surface area contributed by atoms with E-state index in [4.69, 9.17) is 0 Å². The molecule has 1 N–H and O–H groups in total. The third-order valence-electron chi connectivity index (χ3n) is 3.65. The summed E-state index contributed by atoms with van der Waals surface area (Å²) >= 11 is 1.58. The van der Waals surface area contributed by atoms with Gasteiger partial charge in [0, 0.05) is 13.1 Å². The molecule has 0 saturated carbocycles. The first-order chi connectivity index (χ1) is 9.75. The lowest BCUT2D eigenvalue weighted by Gasteiger charge is -2.29. The smallest absolute Gasteiger partial charge is 0.244 e. The number of piperidine rings is 1. The fourth-order valence-corrected chi connectivity index (χ4v) is 3.29. The normalized spacial score (nSPS) is 17.1. The number of rotatable bonds is 3.